The number of hydrogen-bond acceptors (Lipinski definition) is 4. The Hall–Kier alpha value is -1.83. The molecule has 0 unspecified atom stereocenters. The summed E-state index contributed by atoms with van der Waals surface area (Å²) in [6.07, 6.45) is 1.65. The third-order valence-corrected chi connectivity index (χ3v) is 2.61. The highest BCUT2D eigenvalue weighted by molar-refractivity contribution is 9.10. The molecule has 17 heavy (non-hydrogen) atoms. The minimum atomic E-state index is -0.348. The number of halogens is 1. The predicted octanol–water partition coefficient (Wildman–Crippen LogP) is 0.313. The van der Waals surface area contributed by atoms with Crippen LogP contribution < -0.4 is 16.6 Å². The first-order valence-electron chi connectivity index (χ1n) is 4.74. The summed E-state index contributed by atoms with van der Waals surface area (Å²) in [6.45, 7) is 0. The van der Waals surface area contributed by atoms with Crippen LogP contribution in [-0.2, 0) is 14.1 Å². The van der Waals surface area contributed by atoms with E-state index in [-0.39, 0.29) is 17.2 Å². The van der Waals surface area contributed by atoms with Crippen LogP contribution in [0.25, 0.3) is 0 Å². The Morgan fingerprint density at radius 3 is 2.71 bits per heavy atom. The van der Waals surface area contributed by atoms with Gasteiger partial charge in [0.15, 0.2) is 0 Å². The fourth-order valence-electron chi connectivity index (χ4n) is 1.35. The van der Waals surface area contributed by atoms with Gasteiger partial charge < -0.3 is 9.88 Å². The van der Waals surface area contributed by atoms with Crippen molar-refractivity contribution in [1.82, 2.24) is 19.3 Å². The third kappa shape index (κ3) is 2.31. The van der Waals surface area contributed by atoms with E-state index in [1.165, 1.54) is 11.6 Å². The zero-order valence-electron chi connectivity index (χ0n) is 9.19. The summed E-state index contributed by atoms with van der Waals surface area (Å²) in [7, 11) is 3.16. The van der Waals surface area contributed by atoms with E-state index in [1.54, 1.807) is 19.3 Å². The zero-order valence-corrected chi connectivity index (χ0v) is 10.8. The van der Waals surface area contributed by atoms with Crippen LogP contribution in [0.3, 0.4) is 0 Å². The van der Waals surface area contributed by atoms with Crippen molar-refractivity contribution in [2.45, 2.75) is 0 Å². The van der Waals surface area contributed by atoms with E-state index in [2.05, 4.69) is 31.3 Å². The smallest absolute Gasteiger partial charge is 0.320 e. The molecule has 0 aromatic carbocycles. The Kier molecular flexibility index (Phi) is 2.88. The lowest BCUT2D eigenvalue weighted by Crippen LogP contribution is -2.19. The highest BCUT2D eigenvalue weighted by Crippen LogP contribution is 2.13. The van der Waals surface area contributed by atoms with E-state index >= 15 is 0 Å². The lowest BCUT2D eigenvalue weighted by molar-refractivity contribution is 0.736. The molecule has 0 aliphatic heterocycles. The largest absolute Gasteiger partial charge is 0.344 e. The number of rotatable bonds is 2. The fourth-order valence-corrected chi connectivity index (χ4v) is 1.88. The van der Waals surface area contributed by atoms with Gasteiger partial charge in [-0.05, 0) is 22.0 Å². The maximum absolute atomic E-state index is 11.8. The third-order valence-electron chi connectivity index (χ3n) is 2.17. The molecular weight excluding hydrogens is 290 g/mol. The number of hydrogen-bond donors (Lipinski definition) is 2. The summed E-state index contributed by atoms with van der Waals surface area (Å²) < 4.78 is 3.32. The van der Waals surface area contributed by atoms with Crippen molar-refractivity contribution in [2.24, 2.45) is 14.1 Å². The van der Waals surface area contributed by atoms with Crippen molar-refractivity contribution in [3.8, 4) is 0 Å². The van der Waals surface area contributed by atoms with Gasteiger partial charge in [0.05, 0.1) is 0 Å². The van der Waals surface area contributed by atoms with Gasteiger partial charge in [0.25, 0.3) is 5.56 Å². The molecule has 2 aromatic heterocycles. The van der Waals surface area contributed by atoms with E-state index in [0.29, 0.717) is 5.69 Å². The number of nitrogens with zero attached hydrogens (tertiary/aromatic N) is 3. The monoisotopic (exact) mass is 299 g/mol. The maximum Gasteiger partial charge on any atom is 0.344 e. The molecule has 7 nitrogen and oxygen atoms in total. The van der Waals surface area contributed by atoms with Crippen LogP contribution in [0.4, 0.5) is 11.6 Å². The van der Waals surface area contributed by atoms with Gasteiger partial charge in [-0.15, -0.1) is 5.10 Å². The molecule has 0 radical (unpaired) electrons. The number of aromatic nitrogens is 4. The van der Waals surface area contributed by atoms with E-state index in [4.69, 9.17) is 0 Å². The van der Waals surface area contributed by atoms with Gasteiger partial charge in [0, 0.05) is 24.8 Å². The molecule has 0 aliphatic rings. The second-order valence-corrected chi connectivity index (χ2v) is 4.43. The molecule has 0 saturated carbocycles. The fraction of sp³-hybridized carbons (Fsp3) is 0.222. The lowest BCUT2D eigenvalue weighted by atomic mass is 10.4. The molecule has 0 aliphatic carbocycles. The Morgan fingerprint density at radius 2 is 2.12 bits per heavy atom. The highest BCUT2D eigenvalue weighted by atomic mass is 79.9. The summed E-state index contributed by atoms with van der Waals surface area (Å²) in [5.41, 5.74) is -0.227. The number of aryl methyl sites for hydroxylation is 2. The first-order valence-corrected chi connectivity index (χ1v) is 5.53. The number of H-pyrrole nitrogens is 1. The van der Waals surface area contributed by atoms with Crippen molar-refractivity contribution in [3.63, 3.8) is 0 Å². The molecule has 0 spiro atoms. The van der Waals surface area contributed by atoms with Gasteiger partial charge in [-0.25, -0.2) is 9.48 Å². The molecule has 0 bridgehead atoms. The van der Waals surface area contributed by atoms with Crippen LogP contribution in [0, 0.1) is 0 Å². The van der Waals surface area contributed by atoms with Crippen molar-refractivity contribution >= 4 is 27.6 Å². The summed E-state index contributed by atoms with van der Waals surface area (Å²) in [6, 6.07) is 1.62. The first kappa shape index (κ1) is 11.6. The molecule has 2 N–H and O–H groups in total. The van der Waals surface area contributed by atoms with Gasteiger partial charge in [0.2, 0.25) is 5.95 Å². The van der Waals surface area contributed by atoms with Gasteiger partial charge >= 0.3 is 5.69 Å². The van der Waals surface area contributed by atoms with Crippen LogP contribution in [-0.4, -0.2) is 19.3 Å². The molecule has 0 amide bonds. The molecule has 8 heteroatoms. The Labute approximate surface area is 104 Å². The van der Waals surface area contributed by atoms with Crippen molar-refractivity contribution in [1.29, 1.82) is 0 Å². The summed E-state index contributed by atoms with van der Waals surface area (Å²) in [4.78, 5) is 25.4. The number of nitrogens with one attached hydrogen (secondary N) is 2. The van der Waals surface area contributed by atoms with Crippen molar-refractivity contribution in [3.05, 3.63) is 37.6 Å². The van der Waals surface area contributed by atoms with Gasteiger partial charge in [-0.2, -0.15) is 0 Å². The molecule has 0 fully saturated rings. The van der Waals surface area contributed by atoms with Gasteiger partial charge in [-0.1, -0.05) is 0 Å². The molecular formula is C9H10BrN5O2. The summed E-state index contributed by atoms with van der Waals surface area (Å²) in [5.74, 6) is 0.229. The molecule has 0 atom stereocenters. The second kappa shape index (κ2) is 4.21. The second-order valence-electron chi connectivity index (χ2n) is 3.52. The van der Waals surface area contributed by atoms with E-state index < -0.39 is 0 Å². The SMILES string of the molecule is Cn1cc(Br)cc(Nc2nn(C)c(=O)[nH]2)c1=O. The molecule has 0 saturated heterocycles. The summed E-state index contributed by atoms with van der Waals surface area (Å²) in [5, 5.41) is 6.64. The van der Waals surface area contributed by atoms with E-state index in [1.807, 2.05) is 0 Å². The van der Waals surface area contributed by atoms with Crippen LogP contribution >= 0.6 is 15.9 Å². The average molecular weight is 300 g/mol. The lowest BCUT2D eigenvalue weighted by Gasteiger charge is -2.04. The minimum Gasteiger partial charge on any atom is -0.320 e. The van der Waals surface area contributed by atoms with E-state index in [9.17, 15) is 9.59 Å². The zero-order chi connectivity index (χ0) is 12.6. The van der Waals surface area contributed by atoms with Crippen LogP contribution in [0.2, 0.25) is 0 Å². The normalized spacial score (nSPS) is 10.5. The van der Waals surface area contributed by atoms with E-state index in [0.717, 1.165) is 9.15 Å². The van der Waals surface area contributed by atoms with Crippen LogP contribution in [0.15, 0.2) is 26.3 Å². The topological polar surface area (TPSA) is 84.7 Å². The summed E-state index contributed by atoms with van der Waals surface area (Å²) >= 11 is 3.28. The number of pyridine rings is 1. The molecule has 2 aromatic rings. The number of anilines is 2. The van der Waals surface area contributed by atoms with Crippen LogP contribution in [0.5, 0.6) is 0 Å². The Bertz CT molecular complexity index is 669. The first-order chi connectivity index (χ1) is 7.97. The van der Waals surface area contributed by atoms with Gasteiger partial charge in [0.1, 0.15) is 5.69 Å². The minimum absolute atomic E-state index is 0.209. The Morgan fingerprint density at radius 1 is 1.41 bits per heavy atom. The van der Waals surface area contributed by atoms with Crippen molar-refractivity contribution in [2.75, 3.05) is 5.32 Å². The molecule has 90 valence electrons. The standard InChI is InChI=1S/C9H10BrN5O2/c1-14-4-5(10)3-6(7(14)16)11-8-12-9(17)15(2)13-8/h3-4H,1-2H3,(H2,11,12,13,17). The quantitative estimate of drug-likeness (QED) is 0.836. The maximum atomic E-state index is 11.8. The van der Waals surface area contributed by atoms with Gasteiger partial charge in [-0.3, -0.25) is 9.78 Å². The predicted molar refractivity (Wildman–Crippen MR) is 66.5 cm³/mol. The van der Waals surface area contributed by atoms with Crippen LogP contribution in [0.1, 0.15) is 0 Å². The molecule has 2 heterocycles. The molecule has 2 rings (SSSR count). The highest BCUT2D eigenvalue weighted by Gasteiger charge is 2.07. The average Bonchev–Trinajstić information content (AvgIpc) is 2.54. The number of aromatic amines is 1. The Balaban J connectivity index is 2.43. The van der Waals surface area contributed by atoms with Crippen molar-refractivity contribution < 1.29 is 0 Å².